The molecule has 16 heavy (non-hydrogen) atoms. The van der Waals surface area contributed by atoms with Gasteiger partial charge in [-0.05, 0) is 25.2 Å². The molecule has 0 spiro atoms. The molecule has 1 aromatic heterocycles. The van der Waals surface area contributed by atoms with Gasteiger partial charge in [0.1, 0.15) is 12.0 Å². The van der Waals surface area contributed by atoms with Gasteiger partial charge in [-0.2, -0.15) is 11.8 Å². The van der Waals surface area contributed by atoms with Crippen molar-refractivity contribution < 1.29 is 9.21 Å². The highest BCUT2D eigenvalue weighted by molar-refractivity contribution is 7.98. The minimum absolute atomic E-state index is 0.225. The Morgan fingerprint density at radius 2 is 2.44 bits per heavy atom. The van der Waals surface area contributed by atoms with E-state index in [1.54, 1.807) is 17.8 Å². The predicted molar refractivity (Wildman–Crippen MR) is 64.8 cm³/mol. The van der Waals surface area contributed by atoms with Gasteiger partial charge in [-0.1, -0.05) is 0 Å². The second kappa shape index (κ2) is 6.57. The van der Waals surface area contributed by atoms with E-state index >= 15 is 0 Å². The molecule has 0 aromatic carbocycles. The van der Waals surface area contributed by atoms with Crippen molar-refractivity contribution in [3.05, 3.63) is 23.7 Å². The highest BCUT2D eigenvalue weighted by Crippen LogP contribution is 2.16. The van der Waals surface area contributed by atoms with Crippen molar-refractivity contribution in [3.63, 3.8) is 0 Å². The SMILES string of the molecule is CC(N)CCSCc1cc(C(=O)NN)co1. The van der Waals surface area contributed by atoms with Crippen LogP contribution in [0.3, 0.4) is 0 Å². The summed E-state index contributed by atoms with van der Waals surface area (Å²) in [7, 11) is 0. The molecule has 1 aromatic rings. The van der Waals surface area contributed by atoms with Gasteiger partial charge in [-0.25, -0.2) is 5.84 Å². The fourth-order valence-corrected chi connectivity index (χ4v) is 2.14. The van der Waals surface area contributed by atoms with E-state index in [-0.39, 0.29) is 11.9 Å². The minimum atomic E-state index is -0.337. The van der Waals surface area contributed by atoms with Gasteiger partial charge in [0.2, 0.25) is 0 Å². The first-order valence-electron chi connectivity index (χ1n) is 5.05. The van der Waals surface area contributed by atoms with Crippen molar-refractivity contribution in [1.29, 1.82) is 0 Å². The number of nitrogen functional groups attached to an aromatic ring is 1. The van der Waals surface area contributed by atoms with Crippen LogP contribution in [0.4, 0.5) is 0 Å². The summed E-state index contributed by atoms with van der Waals surface area (Å²) in [5, 5.41) is 0. The lowest BCUT2D eigenvalue weighted by atomic mass is 10.3. The van der Waals surface area contributed by atoms with Crippen molar-refractivity contribution in [2.24, 2.45) is 11.6 Å². The largest absolute Gasteiger partial charge is 0.468 e. The van der Waals surface area contributed by atoms with Crippen LogP contribution in [0.2, 0.25) is 0 Å². The fraction of sp³-hybridized carbons (Fsp3) is 0.500. The molecule has 0 radical (unpaired) electrons. The summed E-state index contributed by atoms with van der Waals surface area (Å²) in [4.78, 5) is 11.1. The quantitative estimate of drug-likeness (QED) is 0.298. The molecule has 0 aliphatic heterocycles. The number of amides is 1. The molecule has 0 saturated carbocycles. The summed E-state index contributed by atoms with van der Waals surface area (Å²) in [6, 6.07) is 1.92. The molecular formula is C10H17N3O2S. The zero-order chi connectivity index (χ0) is 12.0. The van der Waals surface area contributed by atoms with Gasteiger partial charge < -0.3 is 10.2 Å². The Kier molecular flexibility index (Phi) is 5.37. The van der Waals surface area contributed by atoms with Gasteiger partial charge in [-0.15, -0.1) is 0 Å². The van der Waals surface area contributed by atoms with Gasteiger partial charge in [0.25, 0.3) is 5.91 Å². The summed E-state index contributed by atoms with van der Waals surface area (Å²) >= 11 is 1.73. The maximum absolute atomic E-state index is 11.1. The number of hydrazine groups is 1. The Labute approximate surface area is 98.9 Å². The zero-order valence-electron chi connectivity index (χ0n) is 9.23. The molecule has 1 heterocycles. The monoisotopic (exact) mass is 243 g/mol. The lowest BCUT2D eigenvalue weighted by Gasteiger charge is -2.02. The number of nitrogens with one attached hydrogen (secondary N) is 1. The summed E-state index contributed by atoms with van der Waals surface area (Å²) in [5.41, 5.74) is 8.13. The van der Waals surface area contributed by atoms with Crippen LogP contribution >= 0.6 is 11.8 Å². The van der Waals surface area contributed by atoms with Crippen LogP contribution in [0.15, 0.2) is 16.7 Å². The summed E-state index contributed by atoms with van der Waals surface area (Å²) in [5.74, 6) is 7.17. The standard InChI is InChI=1S/C10H17N3O2S/c1-7(11)2-3-16-6-9-4-8(5-15-9)10(14)13-12/h4-5,7H,2-3,6,11-12H2,1H3,(H,13,14). The maximum atomic E-state index is 11.1. The molecule has 5 nitrogen and oxygen atoms in total. The molecule has 0 bridgehead atoms. The summed E-state index contributed by atoms with van der Waals surface area (Å²) < 4.78 is 5.23. The van der Waals surface area contributed by atoms with Crippen LogP contribution in [0, 0.1) is 0 Å². The molecule has 1 unspecified atom stereocenters. The van der Waals surface area contributed by atoms with Crippen LogP contribution < -0.4 is 17.0 Å². The zero-order valence-corrected chi connectivity index (χ0v) is 10.0. The third-order valence-electron chi connectivity index (χ3n) is 2.01. The minimum Gasteiger partial charge on any atom is -0.468 e. The normalized spacial score (nSPS) is 12.4. The molecule has 0 aliphatic rings. The fourth-order valence-electron chi connectivity index (χ4n) is 1.10. The van der Waals surface area contributed by atoms with E-state index in [1.807, 2.05) is 6.92 Å². The Hall–Kier alpha value is -0.980. The lowest BCUT2D eigenvalue weighted by molar-refractivity contribution is 0.0953. The number of hydrogen-bond donors (Lipinski definition) is 3. The summed E-state index contributed by atoms with van der Waals surface area (Å²) in [6.45, 7) is 1.98. The van der Waals surface area contributed by atoms with E-state index in [4.69, 9.17) is 16.0 Å². The molecule has 0 fully saturated rings. The molecule has 1 atom stereocenters. The van der Waals surface area contributed by atoms with E-state index in [0.29, 0.717) is 5.56 Å². The Morgan fingerprint density at radius 1 is 1.69 bits per heavy atom. The first-order valence-corrected chi connectivity index (χ1v) is 6.20. The summed E-state index contributed by atoms with van der Waals surface area (Å²) in [6.07, 6.45) is 2.38. The molecule has 6 heteroatoms. The predicted octanol–water partition coefficient (Wildman–Crippen LogP) is 0.854. The van der Waals surface area contributed by atoms with Crippen molar-refractivity contribution in [3.8, 4) is 0 Å². The first kappa shape index (κ1) is 13.1. The molecular weight excluding hydrogens is 226 g/mol. The molecule has 5 N–H and O–H groups in total. The van der Waals surface area contributed by atoms with Gasteiger partial charge in [0.05, 0.1) is 11.3 Å². The van der Waals surface area contributed by atoms with Crippen molar-refractivity contribution in [2.75, 3.05) is 5.75 Å². The van der Waals surface area contributed by atoms with Gasteiger partial charge in [0, 0.05) is 6.04 Å². The highest BCUT2D eigenvalue weighted by Gasteiger charge is 2.08. The van der Waals surface area contributed by atoms with Crippen LogP contribution in [0.5, 0.6) is 0 Å². The van der Waals surface area contributed by atoms with Crippen LogP contribution in [-0.2, 0) is 5.75 Å². The third-order valence-corrected chi connectivity index (χ3v) is 3.02. The first-order chi connectivity index (χ1) is 7.63. The third kappa shape index (κ3) is 4.26. The Balaban J connectivity index is 2.32. The number of rotatable bonds is 6. The number of carbonyl (C=O) groups excluding carboxylic acids is 1. The number of thioether (sulfide) groups is 1. The van der Waals surface area contributed by atoms with Crippen molar-refractivity contribution >= 4 is 17.7 Å². The molecule has 1 amide bonds. The average Bonchev–Trinajstić information content (AvgIpc) is 2.71. The molecule has 0 aliphatic carbocycles. The van der Waals surface area contributed by atoms with Gasteiger partial charge >= 0.3 is 0 Å². The smallest absolute Gasteiger partial charge is 0.268 e. The van der Waals surface area contributed by atoms with E-state index in [1.165, 1.54) is 6.26 Å². The van der Waals surface area contributed by atoms with Crippen LogP contribution in [-0.4, -0.2) is 17.7 Å². The second-order valence-corrected chi connectivity index (χ2v) is 4.70. The average molecular weight is 243 g/mol. The topological polar surface area (TPSA) is 94.3 Å². The van der Waals surface area contributed by atoms with Crippen molar-refractivity contribution in [2.45, 2.75) is 25.1 Å². The van der Waals surface area contributed by atoms with Crippen molar-refractivity contribution in [1.82, 2.24) is 5.43 Å². The molecule has 90 valence electrons. The number of nitrogens with two attached hydrogens (primary N) is 2. The molecule has 0 saturated heterocycles. The molecule has 1 rings (SSSR count). The highest BCUT2D eigenvalue weighted by atomic mass is 32.2. The Bertz CT molecular complexity index is 339. The number of carbonyl (C=O) groups is 1. The van der Waals surface area contributed by atoms with E-state index in [2.05, 4.69) is 5.43 Å². The van der Waals surface area contributed by atoms with E-state index in [0.717, 1.165) is 23.7 Å². The van der Waals surface area contributed by atoms with E-state index < -0.39 is 0 Å². The van der Waals surface area contributed by atoms with Crippen LogP contribution in [0.25, 0.3) is 0 Å². The second-order valence-electron chi connectivity index (χ2n) is 3.59. The lowest BCUT2D eigenvalue weighted by Crippen LogP contribution is -2.29. The number of furan rings is 1. The van der Waals surface area contributed by atoms with Gasteiger partial charge in [-0.3, -0.25) is 10.2 Å². The maximum Gasteiger partial charge on any atom is 0.268 e. The number of hydrogen-bond acceptors (Lipinski definition) is 5. The van der Waals surface area contributed by atoms with E-state index in [9.17, 15) is 4.79 Å². The van der Waals surface area contributed by atoms with Gasteiger partial charge in [0.15, 0.2) is 0 Å². The van der Waals surface area contributed by atoms with Crippen LogP contribution in [0.1, 0.15) is 29.5 Å². The Morgan fingerprint density at radius 3 is 3.06 bits per heavy atom.